The standard InChI is InChI=1S/C13H14ClF3N2O2/c14-11-7-9(1-4-18-11)12(20)21-10-2-5-19(6-3-10)8-13(15,16)17/h1,4,7,10H,2-3,5-6,8H2. The number of hydrogen-bond donors (Lipinski definition) is 0. The first-order valence-corrected chi connectivity index (χ1v) is 6.83. The first kappa shape index (κ1) is 16.0. The molecule has 0 aromatic carbocycles. The van der Waals surface area contributed by atoms with Gasteiger partial charge in [0.15, 0.2) is 0 Å². The van der Waals surface area contributed by atoms with E-state index in [2.05, 4.69) is 4.98 Å². The van der Waals surface area contributed by atoms with Crippen LogP contribution in [0.1, 0.15) is 23.2 Å². The van der Waals surface area contributed by atoms with Crippen LogP contribution in [0.5, 0.6) is 0 Å². The van der Waals surface area contributed by atoms with E-state index in [-0.39, 0.29) is 29.9 Å². The van der Waals surface area contributed by atoms with Gasteiger partial charge in [-0.1, -0.05) is 11.6 Å². The maximum Gasteiger partial charge on any atom is 0.401 e. The lowest BCUT2D eigenvalue weighted by atomic mass is 10.1. The molecule has 2 rings (SSSR count). The van der Waals surface area contributed by atoms with Crippen molar-refractivity contribution in [2.24, 2.45) is 0 Å². The second-order valence-electron chi connectivity index (χ2n) is 4.86. The van der Waals surface area contributed by atoms with Crippen LogP contribution >= 0.6 is 11.6 Å². The Morgan fingerprint density at radius 3 is 2.67 bits per heavy atom. The van der Waals surface area contributed by atoms with Crippen LogP contribution in [0.15, 0.2) is 18.3 Å². The Labute approximate surface area is 124 Å². The summed E-state index contributed by atoms with van der Waals surface area (Å²) in [5.74, 6) is -0.534. The number of hydrogen-bond acceptors (Lipinski definition) is 4. The van der Waals surface area contributed by atoms with Gasteiger partial charge in [-0.25, -0.2) is 9.78 Å². The lowest BCUT2D eigenvalue weighted by Gasteiger charge is -2.31. The molecular weight excluding hydrogens is 309 g/mol. The summed E-state index contributed by atoms with van der Waals surface area (Å²) in [5, 5.41) is 0.185. The molecule has 0 spiro atoms. The summed E-state index contributed by atoms with van der Waals surface area (Å²) in [6, 6.07) is 2.87. The molecule has 0 saturated carbocycles. The van der Waals surface area contributed by atoms with E-state index in [0.29, 0.717) is 12.8 Å². The fourth-order valence-corrected chi connectivity index (χ4v) is 2.36. The Balaban J connectivity index is 1.82. The summed E-state index contributed by atoms with van der Waals surface area (Å²) in [5.41, 5.74) is 0.285. The first-order valence-electron chi connectivity index (χ1n) is 6.45. The van der Waals surface area contributed by atoms with Gasteiger partial charge >= 0.3 is 12.1 Å². The fourth-order valence-electron chi connectivity index (χ4n) is 2.19. The minimum Gasteiger partial charge on any atom is -0.459 e. The van der Waals surface area contributed by atoms with Crippen LogP contribution < -0.4 is 0 Å². The molecule has 0 amide bonds. The molecule has 2 heterocycles. The molecule has 0 radical (unpaired) electrons. The molecule has 116 valence electrons. The van der Waals surface area contributed by atoms with Gasteiger partial charge in [0.25, 0.3) is 0 Å². The molecular formula is C13H14ClF3N2O2. The molecule has 21 heavy (non-hydrogen) atoms. The molecule has 1 aliphatic rings. The topological polar surface area (TPSA) is 42.4 Å². The number of aromatic nitrogens is 1. The maximum atomic E-state index is 12.3. The third-order valence-electron chi connectivity index (χ3n) is 3.17. The molecule has 1 aromatic heterocycles. The third-order valence-corrected chi connectivity index (χ3v) is 3.38. The second kappa shape index (κ2) is 6.62. The van der Waals surface area contributed by atoms with Gasteiger partial charge in [-0.15, -0.1) is 0 Å². The van der Waals surface area contributed by atoms with E-state index in [1.54, 1.807) is 0 Å². The van der Waals surface area contributed by atoms with E-state index in [0.717, 1.165) is 0 Å². The SMILES string of the molecule is O=C(OC1CCN(CC(F)(F)F)CC1)c1ccnc(Cl)c1. The summed E-state index contributed by atoms with van der Waals surface area (Å²) in [6.07, 6.45) is -2.39. The zero-order valence-electron chi connectivity index (χ0n) is 11.1. The van der Waals surface area contributed by atoms with E-state index in [4.69, 9.17) is 16.3 Å². The normalized spacial score (nSPS) is 17.7. The number of pyridine rings is 1. The van der Waals surface area contributed by atoms with Crippen molar-refractivity contribution < 1.29 is 22.7 Å². The van der Waals surface area contributed by atoms with E-state index >= 15 is 0 Å². The zero-order valence-corrected chi connectivity index (χ0v) is 11.8. The number of nitrogens with zero attached hydrogens (tertiary/aromatic N) is 2. The number of piperidine rings is 1. The lowest BCUT2D eigenvalue weighted by Crippen LogP contribution is -2.42. The molecule has 1 aliphatic heterocycles. The van der Waals surface area contributed by atoms with Crippen LogP contribution in [-0.2, 0) is 4.74 Å². The number of carbonyl (C=O) groups is 1. The minimum absolute atomic E-state index is 0.185. The van der Waals surface area contributed by atoms with Crippen LogP contribution in [0.2, 0.25) is 5.15 Å². The Hall–Kier alpha value is -1.34. The Morgan fingerprint density at radius 2 is 2.10 bits per heavy atom. The molecule has 1 saturated heterocycles. The Bertz CT molecular complexity index is 502. The highest BCUT2D eigenvalue weighted by Crippen LogP contribution is 2.21. The third kappa shape index (κ3) is 5.17. The average Bonchev–Trinajstić information content (AvgIpc) is 2.39. The van der Waals surface area contributed by atoms with Crippen molar-refractivity contribution in [3.8, 4) is 0 Å². The van der Waals surface area contributed by atoms with Crippen molar-refractivity contribution in [2.45, 2.75) is 25.1 Å². The highest BCUT2D eigenvalue weighted by atomic mass is 35.5. The highest BCUT2D eigenvalue weighted by Gasteiger charge is 2.33. The molecule has 4 nitrogen and oxygen atoms in total. The number of carbonyl (C=O) groups excluding carboxylic acids is 1. The predicted molar refractivity (Wildman–Crippen MR) is 70.2 cm³/mol. The van der Waals surface area contributed by atoms with E-state index in [9.17, 15) is 18.0 Å². The predicted octanol–water partition coefficient (Wildman–Crippen LogP) is 2.92. The van der Waals surface area contributed by atoms with Gasteiger partial charge in [-0.2, -0.15) is 13.2 Å². The number of alkyl halides is 3. The molecule has 0 aliphatic carbocycles. The summed E-state index contributed by atoms with van der Waals surface area (Å²) in [4.78, 5) is 16.9. The Morgan fingerprint density at radius 1 is 1.43 bits per heavy atom. The lowest BCUT2D eigenvalue weighted by molar-refractivity contribution is -0.150. The molecule has 8 heteroatoms. The van der Waals surface area contributed by atoms with Gasteiger partial charge in [0.1, 0.15) is 11.3 Å². The number of ether oxygens (including phenoxy) is 1. The summed E-state index contributed by atoms with van der Waals surface area (Å²) in [6.45, 7) is -0.406. The van der Waals surface area contributed by atoms with E-state index in [1.165, 1.54) is 23.2 Å². The van der Waals surface area contributed by atoms with Crippen molar-refractivity contribution in [2.75, 3.05) is 19.6 Å². The van der Waals surface area contributed by atoms with Gasteiger partial charge in [-0.05, 0) is 25.0 Å². The van der Waals surface area contributed by atoms with Gasteiger partial charge in [-0.3, -0.25) is 4.90 Å². The number of rotatable bonds is 3. The Kier molecular flexibility index (Phi) is 5.05. The van der Waals surface area contributed by atoms with E-state index in [1.807, 2.05) is 0 Å². The van der Waals surface area contributed by atoms with Crippen molar-refractivity contribution in [1.29, 1.82) is 0 Å². The number of halogens is 4. The van der Waals surface area contributed by atoms with Crippen molar-refractivity contribution in [1.82, 2.24) is 9.88 Å². The maximum absolute atomic E-state index is 12.3. The number of esters is 1. The fraction of sp³-hybridized carbons (Fsp3) is 0.538. The second-order valence-corrected chi connectivity index (χ2v) is 5.25. The average molecular weight is 323 g/mol. The molecule has 1 aromatic rings. The first-order chi connectivity index (χ1) is 9.83. The monoisotopic (exact) mass is 322 g/mol. The van der Waals surface area contributed by atoms with Crippen LogP contribution in [0.4, 0.5) is 13.2 Å². The van der Waals surface area contributed by atoms with Gasteiger partial charge in [0.05, 0.1) is 12.1 Å². The van der Waals surface area contributed by atoms with Gasteiger partial charge in [0.2, 0.25) is 0 Å². The van der Waals surface area contributed by atoms with Crippen molar-refractivity contribution in [3.05, 3.63) is 29.0 Å². The largest absolute Gasteiger partial charge is 0.459 e. The highest BCUT2D eigenvalue weighted by molar-refractivity contribution is 6.29. The summed E-state index contributed by atoms with van der Waals surface area (Å²) in [7, 11) is 0. The van der Waals surface area contributed by atoms with Crippen LogP contribution in [0.25, 0.3) is 0 Å². The molecule has 0 bridgehead atoms. The zero-order chi connectivity index (χ0) is 15.5. The van der Waals surface area contributed by atoms with Crippen LogP contribution in [0.3, 0.4) is 0 Å². The van der Waals surface area contributed by atoms with Crippen molar-refractivity contribution >= 4 is 17.6 Å². The van der Waals surface area contributed by atoms with Crippen LogP contribution in [0, 0.1) is 0 Å². The summed E-state index contributed by atoms with van der Waals surface area (Å²) < 4.78 is 42.1. The smallest absolute Gasteiger partial charge is 0.401 e. The van der Waals surface area contributed by atoms with E-state index < -0.39 is 18.7 Å². The molecule has 1 fully saturated rings. The molecule has 0 atom stereocenters. The molecule has 0 N–H and O–H groups in total. The quantitative estimate of drug-likeness (QED) is 0.634. The van der Waals surface area contributed by atoms with Gasteiger partial charge < -0.3 is 4.74 Å². The van der Waals surface area contributed by atoms with Crippen LogP contribution in [-0.4, -0.2) is 47.8 Å². The summed E-state index contributed by atoms with van der Waals surface area (Å²) >= 11 is 5.68. The minimum atomic E-state index is -4.20. The van der Waals surface area contributed by atoms with Crippen molar-refractivity contribution in [3.63, 3.8) is 0 Å². The molecule has 0 unspecified atom stereocenters. The number of likely N-dealkylation sites (tertiary alicyclic amines) is 1. The van der Waals surface area contributed by atoms with Gasteiger partial charge in [0, 0.05) is 19.3 Å².